The average molecular weight is 411 g/mol. The number of hydrogen-bond acceptors (Lipinski definition) is 3. The predicted molar refractivity (Wildman–Crippen MR) is 112 cm³/mol. The van der Waals surface area contributed by atoms with Crippen molar-refractivity contribution in [1.82, 2.24) is 14.3 Å². The minimum atomic E-state index is -1.49. The Kier molecular flexibility index (Phi) is 5.69. The van der Waals surface area contributed by atoms with Crippen molar-refractivity contribution in [2.24, 2.45) is 7.05 Å². The van der Waals surface area contributed by atoms with E-state index in [9.17, 15) is 8.60 Å². The van der Waals surface area contributed by atoms with Crippen molar-refractivity contribution in [2.45, 2.75) is 31.1 Å². The van der Waals surface area contributed by atoms with Crippen LogP contribution in [0, 0.1) is 17.1 Å². The molecule has 1 heterocycles. The lowest BCUT2D eigenvalue weighted by molar-refractivity contribution is 0.522. The summed E-state index contributed by atoms with van der Waals surface area (Å²) in [5.74, 6) is -0.629. The van der Waals surface area contributed by atoms with Gasteiger partial charge in [-0.15, -0.1) is 0 Å². The molecule has 2 atom stereocenters. The molecular formula is C22H23FN4OS. The van der Waals surface area contributed by atoms with Gasteiger partial charge < -0.3 is 4.57 Å². The van der Waals surface area contributed by atoms with E-state index in [1.165, 1.54) is 12.1 Å². The van der Waals surface area contributed by atoms with Crippen molar-refractivity contribution < 1.29 is 8.60 Å². The fourth-order valence-corrected chi connectivity index (χ4v) is 4.10. The largest absolute Gasteiger partial charge is 0.335 e. The zero-order valence-electron chi connectivity index (χ0n) is 16.8. The van der Waals surface area contributed by atoms with Crippen LogP contribution in [0.4, 0.5) is 4.39 Å². The highest BCUT2D eigenvalue weighted by atomic mass is 32.2. The Hall–Kier alpha value is -2.82. The Morgan fingerprint density at radius 1 is 1.14 bits per heavy atom. The van der Waals surface area contributed by atoms with Gasteiger partial charge >= 0.3 is 0 Å². The molecule has 0 spiro atoms. The number of rotatable bonds is 5. The van der Waals surface area contributed by atoms with Gasteiger partial charge in [0.1, 0.15) is 17.4 Å². The normalized spacial score (nSPS) is 14.8. The fraction of sp³-hybridized carbons (Fsp3) is 0.273. The molecule has 3 rings (SSSR count). The predicted octanol–water partition coefficient (Wildman–Crippen LogP) is 3.77. The number of nitrogens with one attached hydrogen (secondary N) is 1. The van der Waals surface area contributed by atoms with E-state index >= 15 is 0 Å². The number of hydrogen-bond donors (Lipinski definition) is 1. The van der Waals surface area contributed by atoms with Gasteiger partial charge in [-0.05, 0) is 44.0 Å². The Labute approximate surface area is 172 Å². The first-order valence-corrected chi connectivity index (χ1v) is 10.3. The van der Waals surface area contributed by atoms with E-state index in [0.717, 1.165) is 5.56 Å². The summed E-state index contributed by atoms with van der Waals surface area (Å²) in [7, 11) is 0.342. The molecule has 1 aromatic heterocycles. The molecule has 3 aromatic rings. The summed E-state index contributed by atoms with van der Waals surface area (Å²) in [6.45, 7) is 5.61. The van der Waals surface area contributed by atoms with Crippen molar-refractivity contribution in [3.05, 3.63) is 89.3 Å². The first-order valence-electron chi connectivity index (χ1n) is 9.12. The van der Waals surface area contributed by atoms with Gasteiger partial charge in [0.25, 0.3) is 0 Å². The van der Waals surface area contributed by atoms with E-state index in [1.807, 2.05) is 68.8 Å². The molecule has 150 valence electrons. The average Bonchev–Trinajstić information content (AvgIpc) is 3.12. The third-order valence-corrected chi connectivity index (χ3v) is 6.34. The number of halogens is 1. The molecule has 0 bridgehead atoms. The highest BCUT2D eigenvalue weighted by Crippen LogP contribution is 2.38. The maximum Gasteiger partial charge on any atom is 0.141 e. The zero-order chi connectivity index (χ0) is 21.2. The van der Waals surface area contributed by atoms with Gasteiger partial charge in [-0.2, -0.15) is 5.26 Å². The van der Waals surface area contributed by atoms with Crippen molar-refractivity contribution in [3.63, 3.8) is 0 Å². The third-order valence-electron chi connectivity index (χ3n) is 4.73. The van der Waals surface area contributed by atoms with Gasteiger partial charge in [0.05, 0.1) is 39.5 Å². The molecule has 2 aromatic carbocycles. The summed E-state index contributed by atoms with van der Waals surface area (Å²) in [6.07, 6.45) is 3.32. The quantitative estimate of drug-likeness (QED) is 0.696. The number of nitriles is 1. The van der Waals surface area contributed by atoms with E-state index in [4.69, 9.17) is 5.26 Å². The van der Waals surface area contributed by atoms with E-state index in [0.29, 0.717) is 11.3 Å². The summed E-state index contributed by atoms with van der Waals surface area (Å²) in [4.78, 5) is 4.24. The van der Waals surface area contributed by atoms with E-state index in [1.54, 1.807) is 18.6 Å². The number of aromatic nitrogens is 2. The summed E-state index contributed by atoms with van der Waals surface area (Å²) in [5.41, 5.74) is 0.828. The third kappa shape index (κ3) is 3.86. The van der Waals surface area contributed by atoms with Crippen LogP contribution in [0.2, 0.25) is 0 Å². The molecule has 0 radical (unpaired) electrons. The molecule has 29 heavy (non-hydrogen) atoms. The Bertz CT molecular complexity index is 1080. The standard InChI is InChI=1S/C22H23FN4OS/c1-21(2,3)29(28)26-22(17-8-6-5-7-9-17,20-14-25-15-27(20)4)18-11-10-16(13-24)19(23)12-18/h5-12,14-15,26H,1-4H3. The lowest BCUT2D eigenvalue weighted by atomic mass is 9.80. The lowest BCUT2D eigenvalue weighted by Gasteiger charge is -2.38. The molecule has 0 saturated heterocycles. The summed E-state index contributed by atoms with van der Waals surface area (Å²) in [5, 5.41) is 9.14. The minimum Gasteiger partial charge on any atom is -0.335 e. The van der Waals surface area contributed by atoms with Crippen LogP contribution in [-0.2, 0) is 23.6 Å². The number of aryl methyl sites for hydroxylation is 1. The first kappa shape index (κ1) is 20.9. The monoisotopic (exact) mass is 410 g/mol. The second-order valence-electron chi connectivity index (χ2n) is 7.80. The van der Waals surface area contributed by atoms with Crippen LogP contribution in [-0.4, -0.2) is 18.5 Å². The van der Waals surface area contributed by atoms with Crippen LogP contribution in [0.1, 0.15) is 43.2 Å². The zero-order valence-corrected chi connectivity index (χ0v) is 17.6. The van der Waals surface area contributed by atoms with Gasteiger partial charge in [-0.25, -0.2) is 18.3 Å². The van der Waals surface area contributed by atoms with E-state index < -0.39 is 27.1 Å². The molecule has 0 aliphatic rings. The van der Waals surface area contributed by atoms with Crippen LogP contribution < -0.4 is 4.72 Å². The molecule has 0 fully saturated rings. The molecule has 1 N–H and O–H groups in total. The maximum absolute atomic E-state index is 14.7. The molecule has 0 aliphatic heterocycles. The number of benzene rings is 2. The number of nitrogens with zero attached hydrogens (tertiary/aromatic N) is 3. The summed E-state index contributed by atoms with van der Waals surface area (Å²) in [6, 6.07) is 15.7. The highest BCUT2D eigenvalue weighted by Gasteiger charge is 2.42. The van der Waals surface area contributed by atoms with Gasteiger partial charge in [0.2, 0.25) is 0 Å². The van der Waals surface area contributed by atoms with Gasteiger partial charge in [-0.1, -0.05) is 36.4 Å². The molecule has 0 amide bonds. The van der Waals surface area contributed by atoms with Gasteiger partial charge in [-0.3, -0.25) is 0 Å². The fourth-order valence-electron chi connectivity index (χ4n) is 3.17. The van der Waals surface area contributed by atoms with Crippen molar-refractivity contribution >= 4 is 11.0 Å². The van der Waals surface area contributed by atoms with E-state index in [-0.39, 0.29) is 5.56 Å². The topological polar surface area (TPSA) is 70.7 Å². The van der Waals surface area contributed by atoms with Crippen molar-refractivity contribution in [3.8, 4) is 6.07 Å². The van der Waals surface area contributed by atoms with E-state index in [2.05, 4.69) is 9.71 Å². The SMILES string of the molecule is Cn1cncc1C(NS(=O)C(C)(C)C)(c1ccccc1)c1ccc(C#N)c(F)c1. The van der Waals surface area contributed by atoms with Crippen molar-refractivity contribution in [2.75, 3.05) is 0 Å². The van der Waals surface area contributed by atoms with Crippen LogP contribution in [0.25, 0.3) is 0 Å². The Balaban J connectivity index is 2.37. The summed E-state index contributed by atoms with van der Waals surface area (Å²) >= 11 is 0. The highest BCUT2D eigenvalue weighted by molar-refractivity contribution is 7.84. The van der Waals surface area contributed by atoms with Crippen LogP contribution >= 0.6 is 0 Å². The van der Waals surface area contributed by atoms with Gasteiger partial charge in [0.15, 0.2) is 0 Å². The maximum atomic E-state index is 14.7. The molecule has 2 unspecified atom stereocenters. The second kappa shape index (κ2) is 7.90. The summed E-state index contributed by atoms with van der Waals surface area (Å²) < 4.78 is 32.4. The molecule has 5 nitrogen and oxygen atoms in total. The molecule has 0 aliphatic carbocycles. The van der Waals surface area contributed by atoms with Crippen LogP contribution in [0.15, 0.2) is 61.1 Å². The Morgan fingerprint density at radius 2 is 1.83 bits per heavy atom. The van der Waals surface area contributed by atoms with Crippen LogP contribution in [0.3, 0.4) is 0 Å². The minimum absolute atomic E-state index is 0.0438. The molecular weight excluding hydrogens is 387 g/mol. The Morgan fingerprint density at radius 3 is 2.34 bits per heavy atom. The lowest BCUT2D eigenvalue weighted by Crippen LogP contribution is -2.50. The second-order valence-corrected chi connectivity index (χ2v) is 9.76. The molecule has 7 heteroatoms. The van der Waals surface area contributed by atoms with Gasteiger partial charge in [0, 0.05) is 7.05 Å². The number of imidazole rings is 1. The smallest absolute Gasteiger partial charge is 0.141 e. The first-order chi connectivity index (χ1) is 13.7. The van der Waals surface area contributed by atoms with Crippen molar-refractivity contribution in [1.29, 1.82) is 5.26 Å². The van der Waals surface area contributed by atoms with Crippen LogP contribution in [0.5, 0.6) is 0 Å². The molecule has 0 saturated carbocycles.